The molecule has 3 rings (SSSR count). The third-order valence-electron chi connectivity index (χ3n) is 5.36. The minimum atomic E-state index is -4.61. The van der Waals surface area contributed by atoms with E-state index in [9.17, 15) is 31.1 Å². The number of amides is 2. The lowest BCUT2D eigenvalue weighted by molar-refractivity contribution is -0.158. The Morgan fingerprint density at radius 2 is 1.65 bits per heavy atom. The molecule has 0 saturated carbocycles. The molecule has 1 saturated heterocycles. The van der Waals surface area contributed by atoms with Gasteiger partial charge in [-0.25, -0.2) is 4.79 Å². The number of nitrogens with one attached hydrogen (secondary N) is 1. The van der Waals surface area contributed by atoms with Gasteiger partial charge in [0.25, 0.3) is 0 Å². The van der Waals surface area contributed by atoms with E-state index < -0.39 is 41.3 Å². The van der Waals surface area contributed by atoms with Gasteiger partial charge in [-0.3, -0.25) is 0 Å². The Morgan fingerprint density at radius 1 is 1.00 bits per heavy atom. The van der Waals surface area contributed by atoms with E-state index in [0.29, 0.717) is 5.56 Å². The smallest absolute Gasteiger partial charge is 0.314 e. The van der Waals surface area contributed by atoms with Crippen molar-refractivity contribution < 1.29 is 31.1 Å². The monoisotopic (exact) mass is 444 g/mol. The first-order chi connectivity index (χ1) is 14.2. The summed E-state index contributed by atoms with van der Waals surface area (Å²) in [5.74, 6) is 0. The highest BCUT2D eigenvalue weighted by molar-refractivity contribution is 5.90. The van der Waals surface area contributed by atoms with E-state index >= 15 is 0 Å². The van der Waals surface area contributed by atoms with Gasteiger partial charge in [-0.2, -0.15) is 26.3 Å². The molecule has 1 aliphatic heterocycles. The summed E-state index contributed by atoms with van der Waals surface area (Å²) >= 11 is 0. The van der Waals surface area contributed by atoms with Crippen molar-refractivity contribution in [1.29, 1.82) is 0 Å². The summed E-state index contributed by atoms with van der Waals surface area (Å²) in [6.45, 7) is 3.54. The number of benzene rings is 2. The zero-order chi connectivity index (χ0) is 23.1. The van der Waals surface area contributed by atoms with E-state index in [4.69, 9.17) is 0 Å². The summed E-state index contributed by atoms with van der Waals surface area (Å²) in [5, 5.41) is 2.36. The lowest BCUT2D eigenvalue weighted by Gasteiger charge is -2.39. The molecule has 0 bridgehead atoms. The summed E-state index contributed by atoms with van der Waals surface area (Å²) in [6, 6.07) is 11.1. The topological polar surface area (TPSA) is 32.3 Å². The molecule has 0 radical (unpaired) electrons. The van der Waals surface area contributed by atoms with Crippen LogP contribution in [0.2, 0.25) is 0 Å². The summed E-state index contributed by atoms with van der Waals surface area (Å²) < 4.78 is 79.9. The zero-order valence-electron chi connectivity index (χ0n) is 16.9. The van der Waals surface area contributed by atoms with Crippen LogP contribution < -0.4 is 5.32 Å². The maximum Gasteiger partial charge on any atom is 0.416 e. The van der Waals surface area contributed by atoms with E-state index in [-0.39, 0.29) is 18.7 Å². The second-order valence-corrected chi connectivity index (χ2v) is 8.63. The van der Waals surface area contributed by atoms with Crippen LogP contribution in [0.5, 0.6) is 0 Å². The van der Waals surface area contributed by atoms with Gasteiger partial charge in [0.15, 0.2) is 0 Å². The number of rotatable bonds is 3. The number of carbonyl (C=O) groups excluding carboxylic acids is 1. The van der Waals surface area contributed by atoms with E-state index in [1.54, 1.807) is 32.0 Å². The number of alkyl halides is 6. The molecule has 0 aromatic heterocycles. The molecule has 1 aliphatic rings. The second kappa shape index (κ2) is 7.76. The molecule has 1 N–H and O–H groups in total. The second-order valence-electron chi connectivity index (χ2n) is 8.63. The Bertz CT molecular complexity index is 939. The van der Waals surface area contributed by atoms with Crippen molar-refractivity contribution in [3.63, 3.8) is 0 Å². The minimum absolute atomic E-state index is 0.0166. The molecule has 0 spiro atoms. The van der Waals surface area contributed by atoms with Gasteiger partial charge >= 0.3 is 18.4 Å². The third-order valence-corrected chi connectivity index (χ3v) is 5.36. The number of likely N-dealkylation sites (tertiary alicyclic amines) is 1. The van der Waals surface area contributed by atoms with Gasteiger partial charge in [0.1, 0.15) is 0 Å². The first-order valence-electron chi connectivity index (χ1n) is 9.60. The molecule has 2 amide bonds. The van der Waals surface area contributed by atoms with Crippen LogP contribution in [0.4, 0.5) is 36.8 Å². The molecule has 2 aromatic carbocycles. The Balaban J connectivity index is 2.01. The summed E-state index contributed by atoms with van der Waals surface area (Å²) in [5.41, 5.74) is -3.08. The fourth-order valence-electron chi connectivity index (χ4n) is 4.35. The summed E-state index contributed by atoms with van der Waals surface area (Å²) in [4.78, 5) is 14.2. The Labute approximate surface area is 176 Å². The van der Waals surface area contributed by atoms with Crippen LogP contribution in [0.1, 0.15) is 37.8 Å². The number of halogens is 6. The van der Waals surface area contributed by atoms with Crippen molar-refractivity contribution >= 4 is 11.7 Å². The third kappa shape index (κ3) is 5.14. The van der Waals surface area contributed by atoms with Crippen LogP contribution >= 0.6 is 0 Å². The number of nitrogens with zero attached hydrogens (tertiary/aromatic N) is 1. The van der Waals surface area contributed by atoms with Crippen molar-refractivity contribution in [2.24, 2.45) is 5.41 Å². The maximum absolute atomic E-state index is 13.7. The fraction of sp³-hybridized carbons (Fsp3) is 0.409. The largest absolute Gasteiger partial charge is 0.416 e. The van der Waals surface area contributed by atoms with E-state index in [1.807, 2.05) is 0 Å². The fourth-order valence-corrected chi connectivity index (χ4v) is 4.35. The van der Waals surface area contributed by atoms with Crippen LogP contribution in [-0.2, 0) is 11.7 Å². The average molecular weight is 444 g/mol. The van der Waals surface area contributed by atoms with E-state index in [1.165, 1.54) is 18.2 Å². The number of anilines is 1. The number of hydrogen-bond donors (Lipinski definition) is 1. The predicted molar refractivity (Wildman–Crippen MR) is 104 cm³/mol. The molecule has 9 heteroatoms. The van der Waals surface area contributed by atoms with Gasteiger partial charge in [-0.1, -0.05) is 50.2 Å². The van der Waals surface area contributed by atoms with Gasteiger partial charge in [-0.15, -0.1) is 0 Å². The summed E-state index contributed by atoms with van der Waals surface area (Å²) in [7, 11) is 0. The van der Waals surface area contributed by atoms with Crippen molar-refractivity contribution in [3.8, 4) is 0 Å². The number of urea groups is 1. The molecular formula is C22H22F6N2O. The molecule has 1 heterocycles. The molecule has 31 heavy (non-hydrogen) atoms. The maximum atomic E-state index is 13.7. The molecule has 168 valence electrons. The van der Waals surface area contributed by atoms with Crippen LogP contribution in [0.3, 0.4) is 0 Å². The minimum Gasteiger partial charge on any atom is -0.314 e. The number of hydrogen-bond acceptors (Lipinski definition) is 1. The van der Waals surface area contributed by atoms with Crippen LogP contribution in [0.15, 0.2) is 54.6 Å². The highest BCUT2D eigenvalue weighted by Gasteiger charge is 2.56. The van der Waals surface area contributed by atoms with Gasteiger partial charge in [0.05, 0.1) is 17.5 Å². The first-order valence-corrected chi connectivity index (χ1v) is 9.60. The molecule has 1 atom stereocenters. The lowest BCUT2D eigenvalue weighted by Crippen LogP contribution is -2.49. The van der Waals surface area contributed by atoms with Crippen LogP contribution in [0, 0.1) is 5.41 Å². The molecule has 0 unspecified atom stereocenters. The average Bonchev–Trinajstić information content (AvgIpc) is 2.92. The van der Waals surface area contributed by atoms with Gasteiger partial charge in [0, 0.05) is 12.2 Å². The molecule has 1 fully saturated rings. The molecule has 3 nitrogen and oxygen atoms in total. The van der Waals surface area contributed by atoms with Gasteiger partial charge < -0.3 is 10.2 Å². The van der Waals surface area contributed by atoms with Gasteiger partial charge in [-0.05, 0) is 35.6 Å². The Morgan fingerprint density at radius 3 is 2.23 bits per heavy atom. The quantitative estimate of drug-likeness (QED) is 0.518. The first kappa shape index (κ1) is 23.0. The highest BCUT2D eigenvalue weighted by Crippen LogP contribution is 2.52. The SMILES string of the molecule is CC1(C)CN(C(=O)Nc2cccc(C(F)(F)F)c2)[C@](CC(F)(F)F)(c2ccccc2)C1. The predicted octanol–water partition coefficient (Wildman–Crippen LogP) is 6.82. The molecule has 0 aliphatic carbocycles. The van der Waals surface area contributed by atoms with Gasteiger partial charge in [0.2, 0.25) is 0 Å². The summed E-state index contributed by atoms with van der Waals surface area (Å²) in [6.07, 6.45) is -10.4. The van der Waals surface area contributed by atoms with E-state index in [2.05, 4.69) is 5.32 Å². The van der Waals surface area contributed by atoms with Crippen LogP contribution in [0.25, 0.3) is 0 Å². The van der Waals surface area contributed by atoms with Crippen LogP contribution in [-0.4, -0.2) is 23.7 Å². The van der Waals surface area contributed by atoms with Crippen molar-refractivity contribution in [2.75, 3.05) is 11.9 Å². The standard InChI is InChI=1S/C22H22F6N2O/c1-19(2)12-20(13-21(23,24)25,15-7-4-3-5-8-15)30(14-19)18(31)29-17-10-6-9-16(11-17)22(26,27)28/h3-11H,12-14H2,1-2H3,(H,29,31)/t20-/m1/s1. The van der Waals surface area contributed by atoms with Crippen molar-refractivity contribution in [3.05, 3.63) is 65.7 Å². The lowest BCUT2D eigenvalue weighted by atomic mass is 9.77. The highest BCUT2D eigenvalue weighted by atomic mass is 19.4. The Hall–Kier alpha value is -2.71. The zero-order valence-corrected chi connectivity index (χ0v) is 16.9. The molecule has 2 aromatic rings. The van der Waals surface area contributed by atoms with Crippen molar-refractivity contribution in [1.82, 2.24) is 4.90 Å². The van der Waals surface area contributed by atoms with Crippen molar-refractivity contribution in [2.45, 2.75) is 44.6 Å². The molecular weight excluding hydrogens is 422 g/mol. The Kier molecular flexibility index (Phi) is 5.75. The van der Waals surface area contributed by atoms with E-state index in [0.717, 1.165) is 23.1 Å². The normalized spacial score (nSPS) is 21.2. The number of carbonyl (C=O) groups is 1.